The molecule has 0 heterocycles. The van der Waals surface area contributed by atoms with Gasteiger partial charge in [-0.1, -0.05) is 48.5 Å². The molecular weight excluding hydrogens is 246 g/mol. The van der Waals surface area contributed by atoms with E-state index in [4.69, 9.17) is 10.5 Å². The minimum atomic E-state index is -0.207. The molecule has 2 aromatic rings. The van der Waals surface area contributed by atoms with Crippen LogP contribution in [-0.4, -0.2) is 5.60 Å². The fourth-order valence-electron chi connectivity index (χ4n) is 2.27. The lowest BCUT2D eigenvalue weighted by molar-refractivity contribution is -0.0610. The number of rotatable bonds is 4. The van der Waals surface area contributed by atoms with Crippen LogP contribution in [0.1, 0.15) is 38.0 Å². The van der Waals surface area contributed by atoms with Gasteiger partial charge in [0.15, 0.2) is 0 Å². The summed E-state index contributed by atoms with van der Waals surface area (Å²) >= 11 is 0. The number of nitrogens with two attached hydrogens (primary N) is 1. The Hall–Kier alpha value is -1.80. The third kappa shape index (κ3) is 4.10. The monoisotopic (exact) mass is 269 g/mol. The summed E-state index contributed by atoms with van der Waals surface area (Å²) in [5.41, 5.74) is 9.01. The smallest absolute Gasteiger partial charge is 0.0892 e. The van der Waals surface area contributed by atoms with Crippen molar-refractivity contribution in [3.63, 3.8) is 0 Å². The average Bonchev–Trinajstić information content (AvgIpc) is 2.38. The molecule has 0 fully saturated rings. The number of anilines is 1. The Kier molecular flexibility index (Phi) is 4.46. The lowest BCUT2D eigenvalue weighted by Gasteiger charge is -2.29. The molecule has 0 spiro atoms. The predicted molar refractivity (Wildman–Crippen MR) is 84.6 cm³/mol. The van der Waals surface area contributed by atoms with Gasteiger partial charge in [-0.15, -0.1) is 0 Å². The first-order valence-electron chi connectivity index (χ1n) is 7.02. The van der Waals surface area contributed by atoms with Crippen LogP contribution in [0.3, 0.4) is 0 Å². The SMILES string of the molecule is CC(C)(C)OC(Cc1ccccc1)c1ccccc1N. The van der Waals surface area contributed by atoms with Crippen molar-refractivity contribution in [2.24, 2.45) is 0 Å². The molecule has 0 amide bonds. The summed E-state index contributed by atoms with van der Waals surface area (Å²) in [6.45, 7) is 6.22. The van der Waals surface area contributed by atoms with E-state index in [9.17, 15) is 0 Å². The lowest BCUT2D eigenvalue weighted by Crippen LogP contribution is -2.24. The number of nitrogen functional groups attached to an aromatic ring is 1. The summed E-state index contributed by atoms with van der Waals surface area (Å²) in [6.07, 6.45) is 0.797. The van der Waals surface area contributed by atoms with Crippen molar-refractivity contribution in [1.29, 1.82) is 0 Å². The highest BCUT2D eigenvalue weighted by molar-refractivity contribution is 5.48. The number of benzene rings is 2. The molecule has 2 N–H and O–H groups in total. The largest absolute Gasteiger partial charge is 0.398 e. The zero-order valence-electron chi connectivity index (χ0n) is 12.5. The molecule has 0 bridgehead atoms. The Balaban J connectivity index is 2.28. The second-order valence-corrected chi connectivity index (χ2v) is 6.04. The summed E-state index contributed by atoms with van der Waals surface area (Å²) in [4.78, 5) is 0. The maximum atomic E-state index is 6.23. The van der Waals surface area contributed by atoms with Crippen LogP contribution in [0.25, 0.3) is 0 Å². The molecule has 0 radical (unpaired) electrons. The molecule has 1 atom stereocenters. The summed E-state index contributed by atoms with van der Waals surface area (Å²) < 4.78 is 6.23. The number of para-hydroxylation sites is 1. The van der Waals surface area contributed by atoms with E-state index in [0.717, 1.165) is 17.7 Å². The van der Waals surface area contributed by atoms with E-state index in [1.807, 2.05) is 24.3 Å². The third-order valence-electron chi connectivity index (χ3n) is 3.10. The quantitative estimate of drug-likeness (QED) is 0.837. The van der Waals surface area contributed by atoms with Crippen molar-refractivity contribution in [3.8, 4) is 0 Å². The first-order chi connectivity index (χ1) is 9.46. The van der Waals surface area contributed by atoms with Crippen molar-refractivity contribution in [2.75, 3.05) is 5.73 Å². The standard InChI is InChI=1S/C18H23NO/c1-18(2,3)20-17(13-14-9-5-4-6-10-14)15-11-7-8-12-16(15)19/h4-12,17H,13,19H2,1-3H3. The molecule has 0 saturated heterocycles. The Bertz CT molecular complexity index is 543. The summed E-state index contributed by atoms with van der Waals surface area (Å²) in [6, 6.07) is 18.3. The molecule has 2 rings (SSSR count). The highest BCUT2D eigenvalue weighted by Crippen LogP contribution is 2.30. The Morgan fingerprint density at radius 1 is 0.950 bits per heavy atom. The van der Waals surface area contributed by atoms with Crippen LogP contribution in [0.2, 0.25) is 0 Å². The molecule has 0 aromatic heterocycles. The van der Waals surface area contributed by atoms with Gasteiger partial charge in [0.1, 0.15) is 0 Å². The van der Waals surface area contributed by atoms with Crippen LogP contribution in [0.4, 0.5) is 5.69 Å². The van der Waals surface area contributed by atoms with Gasteiger partial charge < -0.3 is 10.5 Å². The van der Waals surface area contributed by atoms with Crippen molar-refractivity contribution in [2.45, 2.75) is 38.9 Å². The van der Waals surface area contributed by atoms with Gasteiger partial charge in [-0.2, -0.15) is 0 Å². The first-order valence-corrected chi connectivity index (χ1v) is 7.02. The van der Waals surface area contributed by atoms with Gasteiger partial charge >= 0.3 is 0 Å². The molecule has 106 valence electrons. The van der Waals surface area contributed by atoms with Gasteiger partial charge in [-0.25, -0.2) is 0 Å². The summed E-state index contributed by atoms with van der Waals surface area (Å²) in [5, 5.41) is 0. The topological polar surface area (TPSA) is 35.2 Å². The van der Waals surface area contributed by atoms with Crippen LogP contribution in [0, 0.1) is 0 Å². The van der Waals surface area contributed by atoms with Gasteiger partial charge in [-0.3, -0.25) is 0 Å². The van der Waals surface area contributed by atoms with E-state index in [0.29, 0.717) is 0 Å². The molecular formula is C18H23NO. The van der Waals surface area contributed by atoms with Crippen molar-refractivity contribution in [1.82, 2.24) is 0 Å². The second-order valence-electron chi connectivity index (χ2n) is 6.04. The molecule has 2 nitrogen and oxygen atoms in total. The molecule has 0 aliphatic carbocycles. The number of ether oxygens (including phenoxy) is 1. The van der Waals surface area contributed by atoms with Crippen LogP contribution < -0.4 is 5.73 Å². The zero-order chi connectivity index (χ0) is 14.6. The van der Waals surface area contributed by atoms with Crippen molar-refractivity contribution >= 4 is 5.69 Å². The zero-order valence-corrected chi connectivity index (χ0v) is 12.5. The second kappa shape index (κ2) is 6.10. The van der Waals surface area contributed by atoms with E-state index in [2.05, 4.69) is 51.1 Å². The van der Waals surface area contributed by atoms with Gasteiger partial charge in [-0.05, 0) is 32.4 Å². The Morgan fingerprint density at radius 2 is 1.55 bits per heavy atom. The fourth-order valence-corrected chi connectivity index (χ4v) is 2.27. The fraction of sp³-hybridized carbons (Fsp3) is 0.333. The molecule has 20 heavy (non-hydrogen) atoms. The highest BCUT2D eigenvalue weighted by atomic mass is 16.5. The average molecular weight is 269 g/mol. The maximum Gasteiger partial charge on any atom is 0.0892 e. The van der Waals surface area contributed by atoms with Crippen molar-refractivity contribution < 1.29 is 4.74 Å². The van der Waals surface area contributed by atoms with Crippen LogP contribution in [0.5, 0.6) is 0 Å². The van der Waals surface area contributed by atoms with Gasteiger partial charge in [0.05, 0.1) is 11.7 Å². The molecule has 0 aliphatic heterocycles. The van der Waals surface area contributed by atoms with E-state index >= 15 is 0 Å². The molecule has 2 aromatic carbocycles. The minimum Gasteiger partial charge on any atom is -0.398 e. The van der Waals surface area contributed by atoms with Gasteiger partial charge in [0, 0.05) is 17.7 Å². The predicted octanol–water partition coefficient (Wildman–Crippen LogP) is 4.37. The van der Waals surface area contributed by atoms with E-state index in [1.54, 1.807) is 0 Å². The molecule has 1 unspecified atom stereocenters. The van der Waals surface area contributed by atoms with Crippen LogP contribution in [0.15, 0.2) is 54.6 Å². The highest BCUT2D eigenvalue weighted by Gasteiger charge is 2.22. The molecule has 0 aliphatic rings. The maximum absolute atomic E-state index is 6.23. The van der Waals surface area contributed by atoms with Gasteiger partial charge in [0.2, 0.25) is 0 Å². The number of hydrogen-bond donors (Lipinski definition) is 1. The normalized spacial score (nSPS) is 13.2. The summed E-state index contributed by atoms with van der Waals surface area (Å²) in [5.74, 6) is 0. The number of hydrogen-bond acceptors (Lipinski definition) is 2. The third-order valence-corrected chi connectivity index (χ3v) is 3.10. The van der Waals surface area contributed by atoms with Crippen molar-refractivity contribution in [3.05, 3.63) is 65.7 Å². The van der Waals surface area contributed by atoms with Gasteiger partial charge in [0.25, 0.3) is 0 Å². The first kappa shape index (κ1) is 14.6. The Morgan fingerprint density at radius 3 is 2.15 bits per heavy atom. The van der Waals surface area contributed by atoms with E-state index in [-0.39, 0.29) is 11.7 Å². The van der Waals surface area contributed by atoms with Crippen LogP contribution >= 0.6 is 0 Å². The molecule has 0 saturated carbocycles. The minimum absolute atomic E-state index is 0.0291. The lowest BCUT2D eigenvalue weighted by atomic mass is 9.99. The van der Waals surface area contributed by atoms with Crippen LogP contribution in [-0.2, 0) is 11.2 Å². The summed E-state index contributed by atoms with van der Waals surface area (Å²) in [7, 11) is 0. The molecule has 2 heteroatoms. The Labute approximate surface area is 121 Å². The van der Waals surface area contributed by atoms with E-state index < -0.39 is 0 Å². The van der Waals surface area contributed by atoms with E-state index in [1.165, 1.54) is 5.56 Å².